The van der Waals surface area contributed by atoms with E-state index in [-0.39, 0.29) is 23.9 Å². The molecule has 12 heteroatoms. The van der Waals surface area contributed by atoms with Crippen molar-refractivity contribution < 1.29 is 13.2 Å². The van der Waals surface area contributed by atoms with Crippen molar-refractivity contribution in [1.29, 1.82) is 0 Å². The number of carbonyl (C=O) groups is 1. The predicted molar refractivity (Wildman–Crippen MR) is 139 cm³/mol. The summed E-state index contributed by atoms with van der Waals surface area (Å²) in [7, 11) is -2.63. The van der Waals surface area contributed by atoms with Crippen LogP contribution >= 0.6 is 11.6 Å². The highest BCUT2D eigenvalue weighted by atomic mass is 35.5. The molecule has 0 bridgehead atoms. The Morgan fingerprint density at radius 1 is 1.26 bits per heavy atom. The topological polar surface area (TPSA) is 128 Å². The molecule has 1 aromatic carbocycles. The van der Waals surface area contributed by atoms with E-state index in [0.29, 0.717) is 35.4 Å². The molecule has 1 aliphatic carbocycles. The average molecular weight is 522 g/mol. The van der Waals surface area contributed by atoms with Gasteiger partial charge in [0.05, 0.1) is 17.4 Å². The highest BCUT2D eigenvalue weighted by Gasteiger charge is 2.26. The highest BCUT2D eigenvalue weighted by molar-refractivity contribution is 7.70. The van der Waals surface area contributed by atoms with E-state index in [1.807, 2.05) is 18.2 Å². The number of aromatic nitrogens is 2. The molecule has 4 N–H and O–H groups in total. The Morgan fingerprint density at radius 2 is 2.06 bits per heavy atom. The van der Waals surface area contributed by atoms with Crippen LogP contribution in [-0.2, 0) is 10.9 Å². The Kier molecular flexibility index (Phi) is 8.30. The quantitative estimate of drug-likeness (QED) is 0.335. The molecule has 1 aromatic heterocycles. The molecule has 1 aliphatic heterocycles. The van der Waals surface area contributed by atoms with Crippen LogP contribution in [0.1, 0.15) is 49.9 Å². The minimum Gasteiger partial charge on any atom is -0.367 e. The third-order valence-electron chi connectivity index (χ3n) is 6.53. The van der Waals surface area contributed by atoms with Gasteiger partial charge in [-0.25, -0.2) is 18.1 Å². The summed E-state index contributed by atoms with van der Waals surface area (Å²) in [5.74, 6) is 0.948. The van der Waals surface area contributed by atoms with E-state index in [4.69, 9.17) is 11.6 Å². The molecule has 190 valence electrons. The molecule has 0 radical (unpaired) electrons. The summed E-state index contributed by atoms with van der Waals surface area (Å²) in [5.41, 5.74) is 2.26. The fraction of sp³-hybridized carbons (Fsp3) is 0.522. The number of nitrogens with zero attached hydrogens (tertiary/aromatic N) is 3. The van der Waals surface area contributed by atoms with Gasteiger partial charge < -0.3 is 20.9 Å². The van der Waals surface area contributed by atoms with Gasteiger partial charge >= 0.3 is 0 Å². The smallest absolute Gasteiger partial charge is 0.253 e. The van der Waals surface area contributed by atoms with Crippen molar-refractivity contribution in [3.05, 3.63) is 35.0 Å². The SMILES string of the molecule is CC(C)N1CCNC(=O)c2ccc(Nc3ncc(Cl)c(N[C@@H]4CCCC[C@@H]4CN[SH](=O)=O)n3)cc21. The summed E-state index contributed by atoms with van der Waals surface area (Å²) in [4.78, 5) is 23.6. The van der Waals surface area contributed by atoms with E-state index in [9.17, 15) is 13.2 Å². The van der Waals surface area contributed by atoms with Gasteiger partial charge in [0.15, 0.2) is 5.82 Å². The summed E-state index contributed by atoms with van der Waals surface area (Å²) >= 11 is 6.40. The fourth-order valence-electron chi connectivity index (χ4n) is 4.75. The Morgan fingerprint density at radius 3 is 2.83 bits per heavy atom. The second-order valence-corrected chi connectivity index (χ2v) is 10.4. The number of nitrogens with one attached hydrogen (secondary N) is 4. The van der Waals surface area contributed by atoms with Crippen LogP contribution in [-0.4, -0.2) is 56.0 Å². The van der Waals surface area contributed by atoms with Gasteiger partial charge in [0, 0.05) is 37.4 Å². The van der Waals surface area contributed by atoms with Crippen LogP contribution < -0.4 is 25.6 Å². The first-order chi connectivity index (χ1) is 16.8. The van der Waals surface area contributed by atoms with E-state index in [1.54, 1.807) is 6.20 Å². The lowest BCUT2D eigenvalue weighted by Gasteiger charge is -2.32. The van der Waals surface area contributed by atoms with Gasteiger partial charge in [-0.3, -0.25) is 4.79 Å². The summed E-state index contributed by atoms with van der Waals surface area (Å²) in [5, 5.41) is 9.98. The maximum Gasteiger partial charge on any atom is 0.253 e. The number of rotatable bonds is 8. The highest BCUT2D eigenvalue weighted by Crippen LogP contribution is 2.31. The number of hydrogen-bond donors (Lipinski definition) is 5. The van der Waals surface area contributed by atoms with Crippen LogP contribution in [0.4, 0.5) is 23.1 Å². The summed E-state index contributed by atoms with van der Waals surface area (Å²) in [6.07, 6.45) is 5.50. The van der Waals surface area contributed by atoms with Crippen molar-refractivity contribution in [3.63, 3.8) is 0 Å². The molecule has 0 unspecified atom stereocenters. The standard InChI is InChI=1S/C23H32ClN7O3S/c1-14(2)31-10-9-25-22(32)17-8-7-16(11-20(17)31)28-23-26-13-18(24)21(30-23)29-19-6-4-3-5-15(19)12-27-35(33)34/h7-8,11,13-15,19,35H,3-6,9-10,12H2,1-2H3,(H,25,32)(H,27,33,34)(H2,26,28,29,30)/t15-,19-/m1/s1. The van der Waals surface area contributed by atoms with Gasteiger partial charge in [-0.2, -0.15) is 4.98 Å². The lowest BCUT2D eigenvalue weighted by Crippen LogP contribution is -2.38. The van der Waals surface area contributed by atoms with Gasteiger partial charge in [0.25, 0.3) is 5.91 Å². The van der Waals surface area contributed by atoms with Crippen molar-refractivity contribution in [3.8, 4) is 0 Å². The van der Waals surface area contributed by atoms with Crippen molar-refractivity contribution >= 4 is 51.5 Å². The number of halogens is 1. The third kappa shape index (κ3) is 6.33. The zero-order valence-corrected chi connectivity index (χ0v) is 21.5. The van der Waals surface area contributed by atoms with Crippen LogP contribution in [0.15, 0.2) is 24.4 Å². The van der Waals surface area contributed by atoms with Gasteiger partial charge in [-0.1, -0.05) is 24.4 Å². The molecule has 0 spiro atoms. The summed E-state index contributed by atoms with van der Waals surface area (Å²) < 4.78 is 24.5. The van der Waals surface area contributed by atoms with Crippen molar-refractivity contribution in [2.45, 2.75) is 51.6 Å². The first-order valence-corrected chi connectivity index (χ1v) is 13.5. The number of carbonyl (C=O) groups excluding carboxylic acids is 1. The van der Waals surface area contributed by atoms with Gasteiger partial charge in [-0.05, 0) is 50.8 Å². The van der Waals surface area contributed by atoms with E-state index >= 15 is 0 Å². The Balaban J connectivity index is 1.54. The first kappa shape index (κ1) is 25.5. The van der Waals surface area contributed by atoms with Gasteiger partial charge in [0.2, 0.25) is 16.8 Å². The molecule has 2 atom stereocenters. The van der Waals surface area contributed by atoms with Crippen molar-refractivity contribution in [2.24, 2.45) is 5.92 Å². The normalized spacial score (nSPS) is 20.4. The maximum absolute atomic E-state index is 12.5. The molecule has 35 heavy (non-hydrogen) atoms. The average Bonchev–Trinajstić information content (AvgIpc) is 2.99. The molecule has 1 amide bonds. The van der Waals surface area contributed by atoms with Gasteiger partial charge in [-0.15, -0.1) is 0 Å². The van der Waals surface area contributed by atoms with E-state index in [2.05, 4.69) is 49.4 Å². The maximum atomic E-state index is 12.5. The minimum atomic E-state index is -2.63. The Bertz CT molecular complexity index is 1140. The number of benzene rings is 1. The van der Waals surface area contributed by atoms with Crippen LogP contribution in [0.2, 0.25) is 5.02 Å². The zero-order chi connectivity index (χ0) is 24.9. The molecule has 1 saturated carbocycles. The second-order valence-electron chi connectivity index (χ2n) is 9.20. The van der Waals surface area contributed by atoms with Crippen LogP contribution in [0, 0.1) is 5.92 Å². The van der Waals surface area contributed by atoms with Crippen LogP contribution in [0.5, 0.6) is 0 Å². The zero-order valence-electron chi connectivity index (χ0n) is 19.9. The number of anilines is 4. The molecule has 2 aliphatic rings. The molecule has 0 saturated heterocycles. The Labute approximate surface area is 212 Å². The van der Waals surface area contributed by atoms with Crippen molar-refractivity contribution in [1.82, 2.24) is 20.0 Å². The van der Waals surface area contributed by atoms with Crippen LogP contribution in [0.3, 0.4) is 0 Å². The monoisotopic (exact) mass is 521 g/mol. The number of fused-ring (bicyclic) bond motifs is 1. The molecule has 2 aromatic rings. The van der Waals surface area contributed by atoms with E-state index in [0.717, 1.165) is 43.6 Å². The molecule has 1 fully saturated rings. The summed E-state index contributed by atoms with van der Waals surface area (Å²) in [6.45, 7) is 5.90. The third-order valence-corrected chi connectivity index (χ3v) is 7.24. The minimum absolute atomic E-state index is 0.0528. The van der Waals surface area contributed by atoms with Crippen molar-refractivity contribution in [2.75, 3.05) is 35.2 Å². The lowest BCUT2D eigenvalue weighted by atomic mass is 9.84. The number of thiol groups is 1. The summed E-state index contributed by atoms with van der Waals surface area (Å²) in [6, 6.07) is 5.87. The molecular weight excluding hydrogens is 490 g/mol. The predicted octanol–water partition coefficient (Wildman–Crippen LogP) is 2.92. The Hall–Kier alpha value is -2.63. The fourth-order valence-corrected chi connectivity index (χ4v) is 5.28. The second kappa shape index (κ2) is 11.4. The molecule has 4 rings (SSSR count). The molecular formula is C23H32ClN7O3S. The van der Waals surface area contributed by atoms with E-state index < -0.39 is 10.9 Å². The van der Waals surface area contributed by atoms with Crippen LogP contribution in [0.25, 0.3) is 0 Å². The number of amides is 1. The molecule has 2 heterocycles. The molecule has 10 nitrogen and oxygen atoms in total. The van der Waals surface area contributed by atoms with Gasteiger partial charge in [0.1, 0.15) is 5.02 Å². The lowest BCUT2D eigenvalue weighted by molar-refractivity contribution is 0.0958. The van der Waals surface area contributed by atoms with E-state index in [1.165, 1.54) is 0 Å². The largest absolute Gasteiger partial charge is 0.367 e. The number of hydrogen-bond acceptors (Lipinski definition) is 8. The first-order valence-electron chi connectivity index (χ1n) is 11.9.